The van der Waals surface area contributed by atoms with Crippen LogP contribution in [0, 0.1) is 6.92 Å². The second kappa shape index (κ2) is 7.38. The molecule has 0 aliphatic carbocycles. The van der Waals surface area contributed by atoms with Gasteiger partial charge in [0.2, 0.25) is 0 Å². The van der Waals surface area contributed by atoms with Gasteiger partial charge in [-0.05, 0) is 38.0 Å². The number of carbonyl (C=O) groups excluding carboxylic acids is 1. The van der Waals surface area contributed by atoms with Crippen LogP contribution in [0.1, 0.15) is 40.8 Å². The van der Waals surface area contributed by atoms with Crippen molar-refractivity contribution in [1.82, 2.24) is 29.9 Å². The molecule has 0 bridgehead atoms. The Morgan fingerprint density at radius 1 is 1.18 bits per heavy atom. The van der Waals surface area contributed by atoms with Crippen LogP contribution in [0.4, 0.5) is 0 Å². The highest BCUT2D eigenvalue weighted by Gasteiger charge is 2.27. The van der Waals surface area contributed by atoms with Crippen molar-refractivity contribution in [3.8, 4) is 11.3 Å². The quantitative estimate of drug-likeness (QED) is 0.751. The van der Waals surface area contributed by atoms with Crippen LogP contribution in [0.25, 0.3) is 11.3 Å². The average molecular weight is 378 g/mol. The van der Waals surface area contributed by atoms with E-state index in [2.05, 4.69) is 20.3 Å². The number of aryl methyl sites for hydroxylation is 2. The van der Waals surface area contributed by atoms with Crippen LogP contribution in [0.3, 0.4) is 0 Å². The zero-order valence-electron chi connectivity index (χ0n) is 15.9. The van der Waals surface area contributed by atoms with E-state index in [1.807, 2.05) is 36.1 Å². The second-order valence-corrected chi connectivity index (χ2v) is 7.13. The first-order valence-electron chi connectivity index (χ1n) is 9.34. The Labute approximate surface area is 162 Å². The molecule has 1 amide bonds. The van der Waals surface area contributed by atoms with E-state index >= 15 is 0 Å². The van der Waals surface area contributed by atoms with Gasteiger partial charge >= 0.3 is 0 Å². The number of nitrogens with zero attached hydrogens (tertiary/aromatic N) is 5. The SMILES string of the molecule is Cc1nc([C@H]2CCCN(C(=O)c3ccc(-c4ccc(=O)n(C)n4)cc3)C2)n[nH]1. The molecular formula is C20H22N6O2. The number of hydrogen-bond acceptors (Lipinski definition) is 5. The number of aromatic amines is 1. The lowest BCUT2D eigenvalue weighted by molar-refractivity contribution is 0.0704. The molecule has 1 aliphatic heterocycles. The molecule has 8 heteroatoms. The van der Waals surface area contributed by atoms with Gasteiger partial charge in [-0.2, -0.15) is 10.2 Å². The largest absolute Gasteiger partial charge is 0.338 e. The standard InChI is InChI=1S/C20H22N6O2/c1-13-21-19(23-22-13)16-4-3-11-26(12-16)20(28)15-7-5-14(6-8-15)17-9-10-18(27)25(2)24-17/h5-10,16H,3-4,11-12H2,1-2H3,(H,21,22,23)/t16-/m0/s1. The van der Waals surface area contributed by atoms with Gasteiger partial charge < -0.3 is 4.90 Å². The van der Waals surface area contributed by atoms with E-state index in [1.54, 1.807) is 13.1 Å². The minimum absolute atomic E-state index is 0.0110. The minimum Gasteiger partial charge on any atom is -0.338 e. The van der Waals surface area contributed by atoms with Gasteiger partial charge in [-0.25, -0.2) is 9.67 Å². The fourth-order valence-electron chi connectivity index (χ4n) is 3.54. The van der Waals surface area contributed by atoms with Gasteiger partial charge in [-0.1, -0.05) is 12.1 Å². The summed E-state index contributed by atoms with van der Waals surface area (Å²) in [4.78, 5) is 30.7. The van der Waals surface area contributed by atoms with Crippen molar-refractivity contribution in [2.45, 2.75) is 25.7 Å². The lowest BCUT2D eigenvalue weighted by Crippen LogP contribution is -2.39. The third-order valence-corrected chi connectivity index (χ3v) is 5.08. The third-order valence-electron chi connectivity index (χ3n) is 5.08. The zero-order valence-corrected chi connectivity index (χ0v) is 15.9. The molecule has 144 valence electrons. The Morgan fingerprint density at radius 2 is 1.96 bits per heavy atom. The molecule has 3 aromatic rings. The monoisotopic (exact) mass is 378 g/mol. The minimum atomic E-state index is -0.156. The molecule has 0 saturated carbocycles. The van der Waals surface area contributed by atoms with E-state index < -0.39 is 0 Å². The smallest absolute Gasteiger partial charge is 0.266 e. The van der Waals surface area contributed by atoms with E-state index in [-0.39, 0.29) is 17.4 Å². The van der Waals surface area contributed by atoms with Crippen LogP contribution >= 0.6 is 0 Å². The van der Waals surface area contributed by atoms with Gasteiger partial charge in [0.05, 0.1) is 5.69 Å². The Hall–Kier alpha value is -3.29. The normalized spacial score (nSPS) is 16.9. The molecule has 0 unspecified atom stereocenters. The van der Waals surface area contributed by atoms with Crippen molar-refractivity contribution in [2.24, 2.45) is 7.05 Å². The number of rotatable bonds is 3. The fourth-order valence-corrected chi connectivity index (χ4v) is 3.54. The highest BCUT2D eigenvalue weighted by atomic mass is 16.2. The lowest BCUT2D eigenvalue weighted by Gasteiger charge is -2.31. The molecule has 1 fully saturated rings. The number of nitrogens with one attached hydrogen (secondary N) is 1. The molecule has 1 aliphatic rings. The van der Waals surface area contributed by atoms with Crippen LogP contribution in [-0.2, 0) is 7.05 Å². The first-order valence-corrected chi connectivity index (χ1v) is 9.34. The number of carbonyl (C=O) groups is 1. The van der Waals surface area contributed by atoms with Crippen molar-refractivity contribution in [3.05, 3.63) is 64.0 Å². The topological polar surface area (TPSA) is 96.8 Å². The van der Waals surface area contributed by atoms with Crippen molar-refractivity contribution < 1.29 is 4.79 Å². The Morgan fingerprint density at radius 3 is 2.64 bits per heavy atom. The molecule has 0 spiro atoms. The third kappa shape index (κ3) is 3.58. The number of aromatic nitrogens is 5. The number of likely N-dealkylation sites (tertiary alicyclic amines) is 1. The predicted molar refractivity (Wildman–Crippen MR) is 104 cm³/mol. The first kappa shape index (κ1) is 18.1. The number of benzene rings is 1. The van der Waals surface area contributed by atoms with Crippen LogP contribution in [0.5, 0.6) is 0 Å². The summed E-state index contributed by atoms with van der Waals surface area (Å²) < 4.78 is 1.30. The van der Waals surface area contributed by atoms with Gasteiger partial charge in [0.1, 0.15) is 5.82 Å². The van der Waals surface area contributed by atoms with E-state index in [9.17, 15) is 9.59 Å². The molecule has 8 nitrogen and oxygen atoms in total. The van der Waals surface area contributed by atoms with Gasteiger partial charge in [0, 0.05) is 43.2 Å². The summed E-state index contributed by atoms with van der Waals surface area (Å²) in [7, 11) is 1.62. The average Bonchev–Trinajstić information content (AvgIpc) is 3.16. The number of amides is 1. The molecule has 4 rings (SSSR count). The summed E-state index contributed by atoms with van der Waals surface area (Å²) in [5.74, 6) is 1.75. The van der Waals surface area contributed by atoms with Crippen molar-refractivity contribution in [1.29, 1.82) is 0 Å². The van der Waals surface area contributed by atoms with E-state index in [1.165, 1.54) is 10.7 Å². The Kier molecular flexibility index (Phi) is 4.77. The van der Waals surface area contributed by atoms with E-state index in [4.69, 9.17) is 0 Å². The maximum absolute atomic E-state index is 12.9. The van der Waals surface area contributed by atoms with Crippen LogP contribution in [0.2, 0.25) is 0 Å². The second-order valence-electron chi connectivity index (χ2n) is 7.13. The van der Waals surface area contributed by atoms with Gasteiger partial charge in [0.15, 0.2) is 5.82 Å². The summed E-state index contributed by atoms with van der Waals surface area (Å²) >= 11 is 0. The summed E-state index contributed by atoms with van der Waals surface area (Å²) in [5.41, 5.74) is 2.04. The molecule has 1 aromatic carbocycles. The molecule has 1 saturated heterocycles. The molecule has 28 heavy (non-hydrogen) atoms. The van der Waals surface area contributed by atoms with Crippen LogP contribution in [-0.4, -0.2) is 48.9 Å². The highest BCUT2D eigenvalue weighted by Crippen LogP contribution is 2.26. The van der Waals surface area contributed by atoms with Crippen LogP contribution in [0.15, 0.2) is 41.2 Å². The molecule has 2 aromatic heterocycles. The maximum atomic E-state index is 12.9. The van der Waals surface area contributed by atoms with Gasteiger partial charge in [-0.15, -0.1) is 0 Å². The van der Waals surface area contributed by atoms with E-state index in [0.717, 1.165) is 36.6 Å². The van der Waals surface area contributed by atoms with Crippen molar-refractivity contribution in [3.63, 3.8) is 0 Å². The molecule has 1 atom stereocenters. The van der Waals surface area contributed by atoms with Crippen LogP contribution < -0.4 is 5.56 Å². The summed E-state index contributed by atoms with van der Waals surface area (Å²) in [6.07, 6.45) is 1.92. The van der Waals surface area contributed by atoms with E-state index in [0.29, 0.717) is 17.8 Å². The Bertz CT molecular complexity index is 1050. The lowest BCUT2D eigenvalue weighted by atomic mass is 9.96. The predicted octanol–water partition coefficient (Wildman–Crippen LogP) is 1.89. The van der Waals surface area contributed by atoms with Gasteiger partial charge in [-0.3, -0.25) is 14.7 Å². The highest BCUT2D eigenvalue weighted by molar-refractivity contribution is 5.94. The summed E-state index contributed by atoms with van der Waals surface area (Å²) in [6, 6.07) is 10.5. The van der Waals surface area contributed by atoms with Crippen molar-refractivity contribution in [2.75, 3.05) is 13.1 Å². The van der Waals surface area contributed by atoms with Crippen molar-refractivity contribution >= 4 is 5.91 Å². The number of H-pyrrole nitrogens is 1. The molecule has 3 heterocycles. The fraction of sp³-hybridized carbons (Fsp3) is 0.350. The van der Waals surface area contributed by atoms with Gasteiger partial charge in [0.25, 0.3) is 11.5 Å². The zero-order chi connectivity index (χ0) is 19.7. The molecular weight excluding hydrogens is 356 g/mol. The Balaban J connectivity index is 1.50. The maximum Gasteiger partial charge on any atom is 0.266 e. The molecule has 0 radical (unpaired) electrons. The number of piperidine rings is 1. The summed E-state index contributed by atoms with van der Waals surface area (Å²) in [6.45, 7) is 3.24. The summed E-state index contributed by atoms with van der Waals surface area (Å²) in [5, 5.41) is 11.4. The molecule has 1 N–H and O–H groups in total. The number of hydrogen-bond donors (Lipinski definition) is 1. The first-order chi connectivity index (χ1) is 13.5.